The Hall–Kier alpha value is -2.80. The van der Waals surface area contributed by atoms with Crippen molar-refractivity contribution >= 4 is 17.2 Å². The Balaban J connectivity index is 1.70. The van der Waals surface area contributed by atoms with Crippen molar-refractivity contribution in [2.45, 2.75) is 26.9 Å². The number of rotatable bonds is 5. The Kier molecular flexibility index (Phi) is 5.04. The predicted octanol–water partition coefficient (Wildman–Crippen LogP) is 2.30. The monoisotopic (exact) mass is 354 g/mol. The molecular formula is C18H18N4O2S. The van der Waals surface area contributed by atoms with Crippen LogP contribution in [-0.4, -0.2) is 20.4 Å². The molecule has 7 heteroatoms. The van der Waals surface area contributed by atoms with Crippen molar-refractivity contribution in [3.05, 3.63) is 68.7 Å². The van der Waals surface area contributed by atoms with Crippen LogP contribution in [0.5, 0.6) is 0 Å². The lowest BCUT2D eigenvalue weighted by atomic mass is 10.1. The molecule has 3 rings (SSSR count). The van der Waals surface area contributed by atoms with Crippen LogP contribution in [0, 0.1) is 13.8 Å². The molecular weight excluding hydrogens is 336 g/mol. The quantitative estimate of drug-likeness (QED) is 0.763. The van der Waals surface area contributed by atoms with Gasteiger partial charge in [-0.15, -0.1) is 0 Å². The number of hydrogen-bond acceptors (Lipinski definition) is 5. The highest BCUT2D eigenvalue weighted by atomic mass is 32.1. The van der Waals surface area contributed by atoms with E-state index in [0.29, 0.717) is 17.8 Å². The van der Waals surface area contributed by atoms with Crippen LogP contribution in [0.2, 0.25) is 0 Å². The van der Waals surface area contributed by atoms with Gasteiger partial charge in [0.25, 0.3) is 5.56 Å². The van der Waals surface area contributed by atoms with Crippen molar-refractivity contribution in [2.24, 2.45) is 0 Å². The standard InChI is InChI=1S/C18H18N4O2S/c1-12-13(2)21-11-22(18(12)24)9-16(23)20-8-14-4-3-6-19-17(14)15-5-7-25-10-15/h3-7,10-11H,8-9H2,1-2H3,(H,20,23). The van der Waals surface area contributed by atoms with Crippen LogP contribution in [0.25, 0.3) is 11.3 Å². The van der Waals surface area contributed by atoms with Gasteiger partial charge in [-0.3, -0.25) is 19.1 Å². The first-order chi connectivity index (χ1) is 12.1. The van der Waals surface area contributed by atoms with E-state index in [2.05, 4.69) is 15.3 Å². The highest BCUT2D eigenvalue weighted by molar-refractivity contribution is 7.08. The maximum absolute atomic E-state index is 12.2. The van der Waals surface area contributed by atoms with Gasteiger partial charge >= 0.3 is 0 Å². The lowest BCUT2D eigenvalue weighted by molar-refractivity contribution is -0.121. The van der Waals surface area contributed by atoms with E-state index in [1.807, 2.05) is 29.0 Å². The van der Waals surface area contributed by atoms with Gasteiger partial charge in [0.15, 0.2) is 0 Å². The van der Waals surface area contributed by atoms with E-state index in [4.69, 9.17) is 0 Å². The number of aromatic nitrogens is 3. The van der Waals surface area contributed by atoms with Crippen LogP contribution in [0.4, 0.5) is 0 Å². The molecule has 0 radical (unpaired) electrons. The minimum Gasteiger partial charge on any atom is -0.350 e. The van der Waals surface area contributed by atoms with E-state index < -0.39 is 0 Å². The first-order valence-electron chi connectivity index (χ1n) is 7.82. The van der Waals surface area contributed by atoms with Gasteiger partial charge in [0.05, 0.1) is 12.0 Å². The van der Waals surface area contributed by atoms with Gasteiger partial charge in [-0.1, -0.05) is 6.07 Å². The summed E-state index contributed by atoms with van der Waals surface area (Å²) in [6, 6.07) is 5.78. The molecule has 6 nitrogen and oxygen atoms in total. The van der Waals surface area contributed by atoms with Gasteiger partial charge in [0.2, 0.25) is 5.91 Å². The van der Waals surface area contributed by atoms with E-state index in [-0.39, 0.29) is 18.0 Å². The lowest BCUT2D eigenvalue weighted by Gasteiger charge is -2.10. The molecule has 0 atom stereocenters. The number of carbonyl (C=O) groups is 1. The number of pyridine rings is 1. The van der Waals surface area contributed by atoms with Crippen LogP contribution < -0.4 is 10.9 Å². The number of hydrogen-bond donors (Lipinski definition) is 1. The highest BCUT2D eigenvalue weighted by Crippen LogP contribution is 2.23. The summed E-state index contributed by atoms with van der Waals surface area (Å²) in [7, 11) is 0. The zero-order chi connectivity index (χ0) is 17.8. The number of carbonyl (C=O) groups excluding carboxylic acids is 1. The zero-order valence-electron chi connectivity index (χ0n) is 14.0. The Bertz CT molecular complexity index is 948. The molecule has 0 bridgehead atoms. The third kappa shape index (κ3) is 3.83. The summed E-state index contributed by atoms with van der Waals surface area (Å²) in [6.45, 7) is 3.78. The zero-order valence-corrected chi connectivity index (χ0v) is 14.8. The maximum atomic E-state index is 12.2. The van der Waals surface area contributed by atoms with Crippen molar-refractivity contribution in [3.8, 4) is 11.3 Å². The van der Waals surface area contributed by atoms with E-state index in [1.54, 1.807) is 31.4 Å². The summed E-state index contributed by atoms with van der Waals surface area (Å²) in [4.78, 5) is 32.9. The average molecular weight is 354 g/mol. The number of aryl methyl sites for hydroxylation is 1. The Morgan fingerprint density at radius 3 is 2.88 bits per heavy atom. The minimum absolute atomic E-state index is 0.0546. The molecule has 1 N–H and O–H groups in total. The van der Waals surface area contributed by atoms with E-state index in [9.17, 15) is 9.59 Å². The Morgan fingerprint density at radius 1 is 1.28 bits per heavy atom. The first kappa shape index (κ1) is 17.0. The van der Waals surface area contributed by atoms with E-state index >= 15 is 0 Å². The lowest BCUT2D eigenvalue weighted by Crippen LogP contribution is -2.33. The second-order valence-electron chi connectivity index (χ2n) is 5.69. The third-order valence-corrected chi connectivity index (χ3v) is 4.67. The molecule has 0 unspecified atom stereocenters. The first-order valence-corrected chi connectivity index (χ1v) is 8.76. The summed E-state index contributed by atoms with van der Waals surface area (Å²) < 4.78 is 1.32. The fourth-order valence-electron chi connectivity index (χ4n) is 2.43. The van der Waals surface area contributed by atoms with Gasteiger partial charge in [-0.2, -0.15) is 11.3 Å². The molecule has 0 fully saturated rings. The van der Waals surface area contributed by atoms with E-state index in [1.165, 1.54) is 10.9 Å². The molecule has 0 spiro atoms. The molecule has 128 valence electrons. The van der Waals surface area contributed by atoms with Crippen LogP contribution in [0.3, 0.4) is 0 Å². The van der Waals surface area contributed by atoms with Gasteiger partial charge in [-0.25, -0.2) is 4.98 Å². The Labute approximate surface area is 149 Å². The van der Waals surface area contributed by atoms with Crippen molar-refractivity contribution in [1.82, 2.24) is 19.9 Å². The number of amides is 1. The number of nitrogens with one attached hydrogen (secondary N) is 1. The molecule has 1 amide bonds. The van der Waals surface area contributed by atoms with Crippen molar-refractivity contribution in [1.29, 1.82) is 0 Å². The minimum atomic E-state index is -0.243. The topological polar surface area (TPSA) is 76.9 Å². The maximum Gasteiger partial charge on any atom is 0.256 e. The second-order valence-corrected chi connectivity index (χ2v) is 6.47. The second kappa shape index (κ2) is 7.40. The third-order valence-electron chi connectivity index (χ3n) is 3.99. The molecule has 3 aromatic heterocycles. The summed E-state index contributed by atoms with van der Waals surface area (Å²) in [5.41, 5.74) is 3.86. The van der Waals surface area contributed by atoms with Gasteiger partial charge < -0.3 is 5.32 Å². The molecule has 0 saturated heterocycles. The molecule has 0 saturated carbocycles. The molecule has 25 heavy (non-hydrogen) atoms. The van der Waals surface area contributed by atoms with E-state index in [0.717, 1.165) is 16.8 Å². The van der Waals surface area contributed by atoms with Gasteiger partial charge in [0, 0.05) is 34.9 Å². The van der Waals surface area contributed by atoms with Crippen LogP contribution >= 0.6 is 11.3 Å². The average Bonchev–Trinajstić information content (AvgIpc) is 3.15. The molecule has 0 aromatic carbocycles. The summed E-state index contributed by atoms with van der Waals surface area (Å²) in [6.07, 6.45) is 3.14. The van der Waals surface area contributed by atoms with Crippen molar-refractivity contribution in [2.75, 3.05) is 0 Å². The molecule has 0 aliphatic carbocycles. The number of thiophene rings is 1. The Morgan fingerprint density at radius 2 is 2.12 bits per heavy atom. The number of nitrogens with zero attached hydrogens (tertiary/aromatic N) is 3. The fraction of sp³-hybridized carbons (Fsp3) is 0.222. The van der Waals surface area contributed by atoms with Crippen LogP contribution in [-0.2, 0) is 17.9 Å². The summed E-state index contributed by atoms with van der Waals surface area (Å²) in [5.74, 6) is -0.243. The largest absolute Gasteiger partial charge is 0.350 e. The van der Waals surface area contributed by atoms with Crippen LogP contribution in [0.1, 0.15) is 16.8 Å². The fourth-order valence-corrected chi connectivity index (χ4v) is 3.07. The summed E-state index contributed by atoms with van der Waals surface area (Å²) in [5, 5.41) is 6.86. The molecule has 0 aliphatic heterocycles. The van der Waals surface area contributed by atoms with Crippen molar-refractivity contribution in [3.63, 3.8) is 0 Å². The molecule has 3 aromatic rings. The predicted molar refractivity (Wildman–Crippen MR) is 97.4 cm³/mol. The molecule has 3 heterocycles. The van der Waals surface area contributed by atoms with Gasteiger partial charge in [0.1, 0.15) is 6.54 Å². The smallest absolute Gasteiger partial charge is 0.256 e. The van der Waals surface area contributed by atoms with Crippen LogP contribution in [0.15, 0.2) is 46.3 Å². The molecule has 0 aliphatic rings. The normalized spacial score (nSPS) is 10.6. The summed E-state index contributed by atoms with van der Waals surface area (Å²) >= 11 is 1.60. The van der Waals surface area contributed by atoms with Gasteiger partial charge in [-0.05, 0) is 36.9 Å². The van der Waals surface area contributed by atoms with Crippen molar-refractivity contribution < 1.29 is 4.79 Å². The highest BCUT2D eigenvalue weighted by Gasteiger charge is 2.10. The SMILES string of the molecule is Cc1ncn(CC(=O)NCc2cccnc2-c2ccsc2)c(=O)c1C.